The van der Waals surface area contributed by atoms with E-state index in [9.17, 15) is 0 Å². The van der Waals surface area contributed by atoms with Gasteiger partial charge < -0.3 is 9.47 Å². The van der Waals surface area contributed by atoms with Crippen molar-refractivity contribution < 1.29 is 9.47 Å². The summed E-state index contributed by atoms with van der Waals surface area (Å²) in [4.78, 5) is 0. The third-order valence-corrected chi connectivity index (χ3v) is 4.21. The van der Waals surface area contributed by atoms with E-state index in [4.69, 9.17) is 9.47 Å². The molecular formula is C24H28O2. The second-order valence-corrected chi connectivity index (χ2v) is 5.91. The second-order valence-electron chi connectivity index (χ2n) is 5.91. The van der Waals surface area contributed by atoms with Gasteiger partial charge in [-0.1, -0.05) is 63.4 Å². The third-order valence-electron chi connectivity index (χ3n) is 4.21. The van der Waals surface area contributed by atoms with Crippen LogP contribution in [0, 0.1) is 0 Å². The Morgan fingerprint density at radius 3 is 1.31 bits per heavy atom. The molecule has 2 aromatic rings. The van der Waals surface area contributed by atoms with Crippen LogP contribution in [0.15, 0.2) is 73.8 Å². The Kier molecular flexibility index (Phi) is 7.75. The second kappa shape index (κ2) is 10.3. The number of benzene rings is 2. The van der Waals surface area contributed by atoms with Crippen LogP contribution >= 0.6 is 0 Å². The van der Waals surface area contributed by atoms with Crippen molar-refractivity contribution in [2.24, 2.45) is 0 Å². The van der Waals surface area contributed by atoms with Crippen LogP contribution in [0.25, 0.3) is 11.1 Å². The molecule has 0 aliphatic carbocycles. The van der Waals surface area contributed by atoms with E-state index < -0.39 is 0 Å². The van der Waals surface area contributed by atoms with Gasteiger partial charge >= 0.3 is 0 Å². The van der Waals surface area contributed by atoms with Crippen LogP contribution in [-0.4, -0.2) is 13.2 Å². The molecule has 0 atom stereocenters. The normalized spacial score (nSPS) is 11.5. The minimum Gasteiger partial charge on any atom is -0.490 e. The van der Waals surface area contributed by atoms with Crippen LogP contribution in [0.3, 0.4) is 0 Å². The number of ether oxygens (including phenoxy) is 2. The molecule has 2 rings (SSSR count). The first kappa shape index (κ1) is 19.6. The third kappa shape index (κ3) is 5.13. The molecule has 0 spiro atoms. The van der Waals surface area contributed by atoms with Gasteiger partial charge in [0.25, 0.3) is 0 Å². The van der Waals surface area contributed by atoms with E-state index in [0.717, 1.165) is 24.3 Å². The molecule has 0 unspecified atom stereocenters. The lowest BCUT2D eigenvalue weighted by atomic mass is 9.91. The van der Waals surface area contributed by atoms with Crippen LogP contribution in [-0.2, 0) is 0 Å². The molecule has 2 aromatic carbocycles. The van der Waals surface area contributed by atoms with E-state index >= 15 is 0 Å². The van der Waals surface area contributed by atoms with Crippen LogP contribution < -0.4 is 9.47 Å². The molecule has 0 aliphatic heterocycles. The van der Waals surface area contributed by atoms with E-state index in [2.05, 4.69) is 51.3 Å². The molecule has 2 nitrogen and oxygen atoms in total. The topological polar surface area (TPSA) is 18.5 Å². The van der Waals surface area contributed by atoms with Gasteiger partial charge in [-0.05, 0) is 59.4 Å². The monoisotopic (exact) mass is 348 g/mol. The van der Waals surface area contributed by atoms with Gasteiger partial charge in [-0.15, -0.1) is 0 Å². The smallest absolute Gasteiger partial charge is 0.119 e. The number of hydrogen-bond donors (Lipinski definition) is 0. The van der Waals surface area contributed by atoms with Crippen molar-refractivity contribution in [2.75, 3.05) is 13.2 Å². The predicted molar refractivity (Wildman–Crippen MR) is 112 cm³/mol. The maximum atomic E-state index is 5.59. The highest BCUT2D eigenvalue weighted by molar-refractivity contribution is 5.90. The van der Waals surface area contributed by atoms with Gasteiger partial charge in [0.05, 0.1) is 0 Å². The zero-order valence-corrected chi connectivity index (χ0v) is 15.8. The Balaban J connectivity index is 2.31. The van der Waals surface area contributed by atoms with Gasteiger partial charge in [0.15, 0.2) is 0 Å². The minimum atomic E-state index is 0.524. The van der Waals surface area contributed by atoms with Crippen LogP contribution in [0.5, 0.6) is 11.5 Å². The zero-order valence-electron chi connectivity index (χ0n) is 15.8. The summed E-state index contributed by atoms with van der Waals surface area (Å²) >= 11 is 0. The Hall–Kier alpha value is -2.74. The highest BCUT2D eigenvalue weighted by Crippen LogP contribution is 2.32. The number of hydrogen-bond acceptors (Lipinski definition) is 2. The molecule has 0 bridgehead atoms. The first-order valence-corrected chi connectivity index (χ1v) is 9.13. The quantitative estimate of drug-likeness (QED) is 0.358. The highest BCUT2D eigenvalue weighted by atomic mass is 16.5. The Labute approximate surface area is 157 Å². The molecule has 2 heteroatoms. The van der Waals surface area contributed by atoms with E-state index in [0.29, 0.717) is 13.2 Å². The maximum Gasteiger partial charge on any atom is 0.119 e. The fourth-order valence-corrected chi connectivity index (χ4v) is 3.00. The summed E-state index contributed by atoms with van der Waals surface area (Å²) in [6, 6.07) is 16.6. The summed E-state index contributed by atoms with van der Waals surface area (Å²) in [6.45, 7) is 12.8. The standard InChI is InChI=1S/C24H28O2/c1-5-17-25-21-13-9-19(10-14-21)23(7-3)24(8-4)20-11-15-22(16-12-20)26-18-6-2/h5-6,9-16H,1-2,7-8,17-18H2,3-4H3/b24-23-. The molecule has 0 N–H and O–H groups in total. The summed E-state index contributed by atoms with van der Waals surface area (Å²) in [5.74, 6) is 1.73. The van der Waals surface area contributed by atoms with Crippen molar-refractivity contribution >= 4 is 11.1 Å². The SMILES string of the molecule is C=CCOc1ccc(/C(CC)=C(/CC)c2ccc(OCC=C)cc2)cc1. The minimum absolute atomic E-state index is 0.524. The van der Waals surface area contributed by atoms with Crippen molar-refractivity contribution in [3.05, 3.63) is 85.0 Å². The Bertz CT molecular complexity index is 671. The van der Waals surface area contributed by atoms with Crippen LogP contribution in [0.2, 0.25) is 0 Å². The molecule has 0 radical (unpaired) electrons. The van der Waals surface area contributed by atoms with E-state index in [1.54, 1.807) is 12.2 Å². The van der Waals surface area contributed by atoms with Crippen molar-refractivity contribution in [1.29, 1.82) is 0 Å². The molecule has 0 aromatic heterocycles. The maximum absolute atomic E-state index is 5.59. The summed E-state index contributed by atoms with van der Waals surface area (Å²) in [7, 11) is 0. The highest BCUT2D eigenvalue weighted by Gasteiger charge is 2.09. The average Bonchev–Trinajstić information content (AvgIpc) is 2.70. The lowest BCUT2D eigenvalue weighted by Gasteiger charge is -2.15. The number of rotatable bonds is 10. The summed E-state index contributed by atoms with van der Waals surface area (Å²) in [6.07, 6.45) is 5.46. The summed E-state index contributed by atoms with van der Waals surface area (Å²) in [5.41, 5.74) is 5.20. The molecule has 0 saturated heterocycles. The largest absolute Gasteiger partial charge is 0.490 e. The van der Waals surface area contributed by atoms with E-state index in [-0.39, 0.29) is 0 Å². The zero-order chi connectivity index (χ0) is 18.8. The average molecular weight is 348 g/mol. The molecule has 136 valence electrons. The lowest BCUT2D eigenvalue weighted by Crippen LogP contribution is -1.95. The molecule has 0 heterocycles. The molecule has 0 fully saturated rings. The van der Waals surface area contributed by atoms with E-state index in [1.807, 2.05) is 24.3 Å². The summed E-state index contributed by atoms with van der Waals surface area (Å²) in [5, 5.41) is 0. The molecule has 0 aliphatic rings. The van der Waals surface area contributed by atoms with Crippen molar-refractivity contribution in [3.8, 4) is 11.5 Å². The molecule has 26 heavy (non-hydrogen) atoms. The summed E-state index contributed by atoms with van der Waals surface area (Å²) < 4.78 is 11.2. The fourth-order valence-electron chi connectivity index (χ4n) is 3.00. The number of allylic oxidation sites excluding steroid dienone is 2. The van der Waals surface area contributed by atoms with Crippen molar-refractivity contribution in [2.45, 2.75) is 26.7 Å². The molecule has 0 saturated carbocycles. The first-order valence-electron chi connectivity index (χ1n) is 9.13. The predicted octanol–water partition coefficient (Wildman–Crippen LogP) is 6.55. The van der Waals surface area contributed by atoms with Crippen molar-refractivity contribution in [1.82, 2.24) is 0 Å². The Morgan fingerprint density at radius 1 is 0.692 bits per heavy atom. The van der Waals surface area contributed by atoms with Gasteiger partial charge in [-0.3, -0.25) is 0 Å². The van der Waals surface area contributed by atoms with Gasteiger partial charge in [-0.2, -0.15) is 0 Å². The fraction of sp³-hybridized carbons (Fsp3) is 0.250. The van der Waals surface area contributed by atoms with E-state index in [1.165, 1.54) is 22.3 Å². The van der Waals surface area contributed by atoms with Gasteiger partial charge in [0.1, 0.15) is 24.7 Å². The molecule has 0 amide bonds. The first-order chi connectivity index (χ1) is 12.7. The molecular weight excluding hydrogens is 320 g/mol. The van der Waals surface area contributed by atoms with Crippen LogP contribution in [0.1, 0.15) is 37.8 Å². The van der Waals surface area contributed by atoms with Gasteiger partial charge in [0.2, 0.25) is 0 Å². The Morgan fingerprint density at radius 2 is 1.04 bits per heavy atom. The van der Waals surface area contributed by atoms with Crippen molar-refractivity contribution in [3.63, 3.8) is 0 Å². The van der Waals surface area contributed by atoms with Crippen LogP contribution in [0.4, 0.5) is 0 Å². The van der Waals surface area contributed by atoms with Gasteiger partial charge in [-0.25, -0.2) is 0 Å². The lowest BCUT2D eigenvalue weighted by molar-refractivity contribution is 0.363. The van der Waals surface area contributed by atoms with Gasteiger partial charge in [0, 0.05) is 0 Å².